The summed E-state index contributed by atoms with van der Waals surface area (Å²) in [6.07, 6.45) is 3.36. The van der Waals surface area contributed by atoms with Crippen molar-refractivity contribution in [2.24, 2.45) is 0 Å². The number of furan rings is 1. The predicted molar refractivity (Wildman–Crippen MR) is 84.5 cm³/mol. The van der Waals surface area contributed by atoms with Gasteiger partial charge in [-0.3, -0.25) is 25.0 Å². The van der Waals surface area contributed by atoms with E-state index in [2.05, 4.69) is 28.0 Å². The molecular formula is C14H19N5O3S. The fraction of sp³-hybridized carbons (Fsp3) is 0.429. The molecule has 0 atom stereocenters. The van der Waals surface area contributed by atoms with Crippen molar-refractivity contribution in [1.29, 1.82) is 0 Å². The monoisotopic (exact) mass is 337 g/mol. The van der Waals surface area contributed by atoms with Crippen LogP contribution in [0.2, 0.25) is 0 Å². The summed E-state index contributed by atoms with van der Waals surface area (Å²) in [5.41, 5.74) is 4.56. The summed E-state index contributed by atoms with van der Waals surface area (Å²) in [4.78, 5) is 22.4. The summed E-state index contributed by atoms with van der Waals surface area (Å²) in [7, 11) is 0. The number of hydrogen-bond donors (Lipinski definition) is 2. The zero-order chi connectivity index (χ0) is 16.7. The first-order valence-corrected chi connectivity index (χ1v) is 8.21. The first kappa shape index (κ1) is 17.1. The van der Waals surface area contributed by atoms with E-state index in [4.69, 9.17) is 4.42 Å². The highest BCUT2D eigenvalue weighted by atomic mass is 32.2. The molecule has 8 nitrogen and oxygen atoms in total. The normalized spacial score (nSPS) is 10.5. The number of hydrazine groups is 1. The molecule has 9 heteroatoms. The maximum atomic E-state index is 11.7. The minimum Gasteiger partial charge on any atom is -0.467 e. The summed E-state index contributed by atoms with van der Waals surface area (Å²) in [5.74, 6) is 1.15. The second kappa shape index (κ2) is 8.37. The molecule has 0 aromatic carbocycles. The van der Waals surface area contributed by atoms with E-state index in [0.717, 1.165) is 24.4 Å². The highest BCUT2D eigenvalue weighted by Gasteiger charge is 2.15. The van der Waals surface area contributed by atoms with Crippen LogP contribution in [0.1, 0.15) is 31.9 Å². The Labute approximate surface area is 138 Å². The van der Waals surface area contributed by atoms with Gasteiger partial charge in [-0.1, -0.05) is 18.7 Å². The molecule has 0 bridgehead atoms. The van der Waals surface area contributed by atoms with Crippen LogP contribution in [-0.2, 0) is 22.6 Å². The van der Waals surface area contributed by atoms with Crippen molar-refractivity contribution in [2.75, 3.05) is 5.75 Å². The van der Waals surface area contributed by atoms with Crippen LogP contribution in [0, 0.1) is 0 Å². The molecule has 124 valence electrons. The summed E-state index contributed by atoms with van der Waals surface area (Å²) < 4.78 is 7.32. The number of nitrogens with one attached hydrogen (secondary N) is 2. The van der Waals surface area contributed by atoms with Gasteiger partial charge in [0.2, 0.25) is 11.8 Å². The van der Waals surface area contributed by atoms with Gasteiger partial charge >= 0.3 is 0 Å². The fourth-order valence-corrected chi connectivity index (χ4v) is 2.63. The average molecular weight is 337 g/mol. The Balaban J connectivity index is 2.02. The van der Waals surface area contributed by atoms with Crippen LogP contribution in [0.4, 0.5) is 0 Å². The Morgan fingerprint density at radius 1 is 1.35 bits per heavy atom. The van der Waals surface area contributed by atoms with Gasteiger partial charge in [0, 0.05) is 13.3 Å². The molecule has 2 heterocycles. The number of nitrogens with zero attached hydrogens (tertiary/aromatic N) is 3. The number of amides is 2. The molecule has 2 amide bonds. The third-order valence-electron chi connectivity index (χ3n) is 2.87. The first-order valence-electron chi connectivity index (χ1n) is 7.22. The Morgan fingerprint density at radius 2 is 2.17 bits per heavy atom. The van der Waals surface area contributed by atoms with Crippen LogP contribution in [0.25, 0.3) is 0 Å². The number of hydrogen-bond acceptors (Lipinski definition) is 6. The summed E-state index contributed by atoms with van der Waals surface area (Å²) in [6.45, 7) is 3.91. The van der Waals surface area contributed by atoms with Gasteiger partial charge in [0.1, 0.15) is 11.6 Å². The lowest BCUT2D eigenvalue weighted by Gasteiger charge is -2.08. The van der Waals surface area contributed by atoms with Crippen molar-refractivity contribution < 1.29 is 14.0 Å². The molecule has 2 aromatic rings. The summed E-state index contributed by atoms with van der Waals surface area (Å²) in [5, 5.41) is 8.98. The van der Waals surface area contributed by atoms with Gasteiger partial charge in [0.05, 0.1) is 18.6 Å². The maximum absolute atomic E-state index is 11.7. The van der Waals surface area contributed by atoms with Crippen LogP contribution in [0.15, 0.2) is 28.0 Å². The lowest BCUT2D eigenvalue weighted by atomic mass is 10.3. The number of carbonyl (C=O) groups is 2. The number of thioether (sulfide) groups is 1. The zero-order valence-electron chi connectivity index (χ0n) is 13.0. The Kier molecular flexibility index (Phi) is 6.21. The van der Waals surface area contributed by atoms with E-state index in [1.165, 1.54) is 18.7 Å². The van der Waals surface area contributed by atoms with Gasteiger partial charge in [-0.15, -0.1) is 10.2 Å². The standard InChI is InChI=1S/C14H19N5O3S/c1-3-5-12-16-18-14(19(12)8-11-6-4-7-22-11)23-9-13(21)17-15-10(2)20/h4,6-7H,3,5,8-9H2,1-2H3,(H,15,20)(H,17,21). The molecule has 0 unspecified atom stereocenters. The Hall–Kier alpha value is -2.29. The number of aromatic nitrogens is 3. The van der Waals surface area contributed by atoms with Crippen molar-refractivity contribution >= 4 is 23.6 Å². The van der Waals surface area contributed by atoms with E-state index in [9.17, 15) is 9.59 Å². The Bertz CT molecular complexity index is 653. The lowest BCUT2D eigenvalue weighted by molar-refractivity contribution is -0.126. The predicted octanol–water partition coefficient (Wildman–Crippen LogP) is 1.13. The van der Waals surface area contributed by atoms with E-state index >= 15 is 0 Å². The molecule has 0 aliphatic carbocycles. The van der Waals surface area contributed by atoms with Crippen LogP contribution < -0.4 is 10.9 Å². The van der Waals surface area contributed by atoms with Crippen LogP contribution in [0.5, 0.6) is 0 Å². The average Bonchev–Trinajstić information content (AvgIpc) is 3.15. The fourth-order valence-electron chi connectivity index (χ4n) is 1.88. The summed E-state index contributed by atoms with van der Waals surface area (Å²) in [6, 6.07) is 3.71. The van der Waals surface area contributed by atoms with Gasteiger partial charge < -0.3 is 4.42 Å². The molecule has 0 aliphatic rings. The van der Waals surface area contributed by atoms with Crippen LogP contribution in [-0.4, -0.2) is 32.3 Å². The minimum absolute atomic E-state index is 0.128. The summed E-state index contributed by atoms with van der Waals surface area (Å²) >= 11 is 1.26. The molecule has 0 saturated carbocycles. The largest absolute Gasteiger partial charge is 0.467 e. The van der Waals surface area contributed by atoms with Gasteiger partial charge in [-0.05, 0) is 18.6 Å². The number of carbonyl (C=O) groups excluding carboxylic acids is 2. The molecular weight excluding hydrogens is 318 g/mol. The van der Waals surface area contributed by atoms with Crippen molar-refractivity contribution in [3.63, 3.8) is 0 Å². The van der Waals surface area contributed by atoms with Crippen molar-refractivity contribution in [3.8, 4) is 0 Å². The van der Waals surface area contributed by atoms with Crippen molar-refractivity contribution in [2.45, 2.75) is 38.4 Å². The van der Waals surface area contributed by atoms with Crippen molar-refractivity contribution in [1.82, 2.24) is 25.6 Å². The second-order valence-electron chi connectivity index (χ2n) is 4.83. The molecule has 0 fully saturated rings. The van der Waals surface area contributed by atoms with E-state index in [-0.39, 0.29) is 17.6 Å². The Morgan fingerprint density at radius 3 is 2.83 bits per heavy atom. The molecule has 0 saturated heterocycles. The van der Waals surface area contributed by atoms with Gasteiger partial charge in [-0.25, -0.2) is 0 Å². The number of aryl methyl sites for hydroxylation is 1. The maximum Gasteiger partial charge on any atom is 0.248 e. The van der Waals surface area contributed by atoms with Crippen molar-refractivity contribution in [3.05, 3.63) is 30.0 Å². The smallest absolute Gasteiger partial charge is 0.248 e. The minimum atomic E-state index is -0.324. The zero-order valence-corrected chi connectivity index (χ0v) is 13.9. The molecule has 0 radical (unpaired) electrons. The topological polar surface area (TPSA) is 102 Å². The highest BCUT2D eigenvalue weighted by molar-refractivity contribution is 7.99. The molecule has 2 aromatic heterocycles. The van der Waals surface area contributed by atoms with E-state index in [1.807, 2.05) is 16.7 Å². The SMILES string of the molecule is CCCc1nnc(SCC(=O)NNC(C)=O)n1Cc1ccco1. The third-order valence-corrected chi connectivity index (χ3v) is 3.84. The highest BCUT2D eigenvalue weighted by Crippen LogP contribution is 2.19. The molecule has 0 aliphatic heterocycles. The number of rotatable bonds is 7. The second-order valence-corrected chi connectivity index (χ2v) is 5.77. The van der Waals surface area contributed by atoms with Crippen LogP contribution >= 0.6 is 11.8 Å². The lowest BCUT2D eigenvalue weighted by Crippen LogP contribution is -2.41. The van der Waals surface area contributed by atoms with Gasteiger partial charge in [-0.2, -0.15) is 0 Å². The quantitative estimate of drug-likeness (QED) is 0.580. The van der Waals surface area contributed by atoms with E-state index < -0.39 is 0 Å². The van der Waals surface area contributed by atoms with E-state index in [1.54, 1.807) is 6.26 Å². The first-order chi connectivity index (χ1) is 11.1. The van der Waals surface area contributed by atoms with Gasteiger partial charge in [0.25, 0.3) is 0 Å². The third kappa shape index (κ3) is 5.13. The molecule has 2 N–H and O–H groups in total. The molecule has 23 heavy (non-hydrogen) atoms. The van der Waals surface area contributed by atoms with Gasteiger partial charge in [0.15, 0.2) is 5.16 Å². The molecule has 0 spiro atoms. The molecule has 2 rings (SSSR count). The van der Waals surface area contributed by atoms with E-state index in [0.29, 0.717) is 11.7 Å². The van der Waals surface area contributed by atoms with Crippen LogP contribution in [0.3, 0.4) is 0 Å².